The SMILES string of the molecule is CSCCCNC(=O)c1csc(-c2csc(-c3cscn3)n2)n1. The molecule has 0 radical (unpaired) electrons. The summed E-state index contributed by atoms with van der Waals surface area (Å²) in [5.74, 6) is 0.921. The molecule has 0 aliphatic heterocycles. The summed E-state index contributed by atoms with van der Waals surface area (Å²) in [6, 6.07) is 0. The molecule has 0 aromatic carbocycles. The van der Waals surface area contributed by atoms with Crippen molar-refractivity contribution in [1.82, 2.24) is 20.3 Å². The van der Waals surface area contributed by atoms with E-state index in [0.717, 1.165) is 33.6 Å². The van der Waals surface area contributed by atoms with Crippen molar-refractivity contribution in [2.75, 3.05) is 18.6 Å². The second-order valence-corrected chi connectivity index (χ2v) is 7.97. The Morgan fingerprint density at radius 3 is 2.78 bits per heavy atom. The highest BCUT2D eigenvalue weighted by atomic mass is 32.2. The van der Waals surface area contributed by atoms with Gasteiger partial charge in [0, 0.05) is 22.7 Å². The maximum atomic E-state index is 12.0. The largest absolute Gasteiger partial charge is 0.351 e. The first-order chi connectivity index (χ1) is 11.3. The molecule has 0 spiro atoms. The van der Waals surface area contributed by atoms with Gasteiger partial charge in [0.1, 0.15) is 27.1 Å². The van der Waals surface area contributed by atoms with Crippen molar-refractivity contribution >= 4 is 51.7 Å². The van der Waals surface area contributed by atoms with Gasteiger partial charge in [-0.15, -0.1) is 34.0 Å². The van der Waals surface area contributed by atoms with Crippen molar-refractivity contribution in [3.8, 4) is 21.4 Å². The van der Waals surface area contributed by atoms with Crippen molar-refractivity contribution in [3.05, 3.63) is 27.3 Å². The lowest BCUT2D eigenvalue weighted by Gasteiger charge is -2.01. The number of aromatic nitrogens is 3. The number of hydrogen-bond acceptors (Lipinski definition) is 8. The summed E-state index contributed by atoms with van der Waals surface area (Å²) in [6.07, 6.45) is 3.02. The molecule has 0 fully saturated rings. The molecule has 0 atom stereocenters. The smallest absolute Gasteiger partial charge is 0.270 e. The van der Waals surface area contributed by atoms with Gasteiger partial charge in [0.2, 0.25) is 0 Å². The average molecular weight is 383 g/mol. The number of nitrogens with one attached hydrogen (secondary N) is 1. The summed E-state index contributed by atoms with van der Waals surface area (Å²) < 4.78 is 0. The highest BCUT2D eigenvalue weighted by Crippen LogP contribution is 2.30. The van der Waals surface area contributed by atoms with E-state index in [1.807, 2.05) is 10.8 Å². The van der Waals surface area contributed by atoms with Gasteiger partial charge in [0.25, 0.3) is 5.91 Å². The predicted molar refractivity (Wildman–Crippen MR) is 99.7 cm³/mol. The molecule has 5 nitrogen and oxygen atoms in total. The van der Waals surface area contributed by atoms with Crippen LogP contribution in [-0.4, -0.2) is 39.4 Å². The Morgan fingerprint density at radius 1 is 1.17 bits per heavy atom. The van der Waals surface area contributed by atoms with Crippen LogP contribution in [0.15, 0.2) is 21.7 Å². The number of thioether (sulfide) groups is 1. The summed E-state index contributed by atoms with van der Waals surface area (Å²) in [5, 5.41) is 10.2. The number of nitrogens with zero attached hydrogens (tertiary/aromatic N) is 3. The molecule has 1 amide bonds. The van der Waals surface area contributed by atoms with Gasteiger partial charge in [-0.1, -0.05) is 0 Å². The summed E-state index contributed by atoms with van der Waals surface area (Å²) in [5.41, 5.74) is 3.93. The lowest BCUT2D eigenvalue weighted by Crippen LogP contribution is -2.25. The first kappa shape index (κ1) is 16.6. The molecule has 3 rings (SSSR count). The molecule has 1 N–H and O–H groups in total. The van der Waals surface area contributed by atoms with Crippen molar-refractivity contribution in [2.24, 2.45) is 0 Å². The predicted octanol–water partition coefficient (Wildman–Crippen LogP) is 3.87. The van der Waals surface area contributed by atoms with Crippen LogP contribution in [0.1, 0.15) is 16.9 Å². The van der Waals surface area contributed by atoms with Crippen LogP contribution in [0.5, 0.6) is 0 Å². The zero-order valence-corrected chi connectivity index (χ0v) is 15.6. The quantitative estimate of drug-likeness (QED) is 0.628. The van der Waals surface area contributed by atoms with Crippen molar-refractivity contribution in [2.45, 2.75) is 6.42 Å². The molecule has 3 heterocycles. The molecule has 3 aromatic rings. The van der Waals surface area contributed by atoms with E-state index >= 15 is 0 Å². The van der Waals surface area contributed by atoms with Crippen LogP contribution in [0.3, 0.4) is 0 Å². The number of hydrogen-bond donors (Lipinski definition) is 1. The zero-order valence-electron chi connectivity index (χ0n) is 12.3. The number of carbonyl (C=O) groups excluding carboxylic acids is 1. The second kappa shape index (κ2) is 8.00. The van der Waals surface area contributed by atoms with E-state index in [0.29, 0.717) is 12.2 Å². The first-order valence-corrected chi connectivity index (χ1v) is 10.9. The summed E-state index contributed by atoms with van der Waals surface area (Å²) in [4.78, 5) is 25.3. The molecule has 0 saturated carbocycles. The van der Waals surface area contributed by atoms with E-state index in [1.165, 1.54) is 22.7 Å². The standard InChI is InChI=1S/C14H14N4OS4/c1-20-4-2-3-15-12(19)9-6-22-14(17-9)11-7-23-13(18-11)10-5-21-8-16-10/h5-8H,2-4H2,1H3,(H,15,19). The summed E-state index contributed by atoms with van der Waals surface area (Å²) in [6.45, 7) is 0.678. The number of rotatable bonds is 7. The highest BCUT2D eigenvalue weighted by Gasteiger charge is 2.14. The van der Waals surface area contributed by atoms with E-state index in [2.05, 4.69) is 26.5 Å². The maximum Gasteiger partial charge on any atom is 0.270 e. The van der Waals surface area contributed by atoms with Crippen molar-refractivity contribution in [3.63, 3.8) is 0 Å². The third-order valence-electron chi connectivity index (χ3n) is 2.92. The Balaban J connectivity index is 1.66. The Labute approximate surface area is 150 Å². The van der Waals surface area contributed by atoms with Gasteiger partial charge in [0.15, 0.2) is 0 Å². The number of carbonyl (C=O) groups is 1. The molecule has 0 saturated heterocycles. The fourth-order valence-electron chi connectivity index (χ4n) is 1.81. The van der Waals surface area contributed by atoms with Crippen LogP contribution >= 0.6 is 45.8 Å². The first-order valence-electron chi connectivity index (χ1n) is 6.85. The van der Waals surface area contributed by atoms with Crippen LogP contribution in [0.25, 0.3) is 21.4 Å². The van der Waals surface area contributed by atoms with Crippen molar-refractivity contribution < 1.29 is 4.79 Å². The molecule has 9 heteroatoms. The fraction of sp³-hybridized carbons (Fsp3) is 0.286. The normalized spacial score (nSPS) is 10.8. The van der Waals surface area contributed by atoms with Gasteiger partial charge in [-0.25, -0.2) is 15.0 Å². The maximum absolute atomic E-state index is 12.0. The van der Waals surface area contributed by atoms with Gasteiger partial charge in [-0.05, 0) is 18.4 Å². The second-order valence-electron chi connectivity index (χ2n) is 4.55. The van der Waals surface area contributed by atoms with Gasteiger partial charge in [0.05, 0.1) is 5.51 Å². The minimum Gasteiger partial charge on any atom is -0.351 e. The van der Waals surface area contributed by atoms with Crippen LogP contribution in [-0.2, 0) is 0 Å². The fourth-order valence-corrected chi connectivity index (χ4v) is 4.46. The van der Waals surface area contributed by atoms with E-state index in [4.69, 9.17) is 0 Å². The minimum absolute atomic E-state index is 0.122. The van der Waals surface area contributed by atoms with Gasteiger partial charge < -0.3 is 5.32 Å². The van der Waals surface area contributed by atoms with E-state index in [-0.39, 0.29) is 5.91 Å². The molecule has 0 aliphatic rings. The number of thiazole rings is 3. The third kappa shape index (κ3) is 4.17. The Bertz CT molecular complexity index is 765. The average Bonchev–Trinajstić information content (AvgIpc) is 3.31. The molecule has 3 aromatic heterocycles. The lowest BCUT2D eigenvalue weighted by molar-refractivity contribution is 0.0949. The molecular formula is C14H14N4OS4. The van der Waals surface area contributed by atoms with Crippen LogP contribution in [0.2, 0.25) is 0 Å². The Kier molecular flexibility index (Phi) is 5.76. The van der Waals surface area contributed by atoms with E-state index < -0.39 is 0 Å². The monoisotopic (exact) mass is 382 g/mol. The van der Waals surface area contributed by atoms with Gasteiger partial charge >= 0.3 is 0 Å². The Hall–Kier alpha value is -1.29. The lowest BCUT2D eigenvalue weighted by atomic mass is 10.4. The van der Waals surface area contributed by atoms with E-state index in [1.54, 1.807) is 34.0 Å². The Morgan fingerprint density at radius 2 is 2.00 bits per heavy atom. The topological polar surface area (TPSA) is 67.8 Å². The molecule has 0 bridgehead atoms. The summed E-state index contributed by atoms with van der Waals surface area (Å²) in [7, 11) is 0. The molecule has 120 valence electrons. The number of amides is 1. The van der Waals surface area contributed by atoms with Crippen LogP contribution in [0.4, 0.5) is 0 Å². The van der Waals surface area contributed by atoms with E-state index in [9.17, 15) is 4.79 Å². The highest BCUT2D eigenvalue weighted by molar-refractivity contribution is 7.98. The molecule has 0 aliphatic carbocycles. The minimum atomic E-state index is -0.122. The summed E-state index contributed by atoms with van der Waals surface area (Å²) >= 11 is 6.29. The van der Waals surface area contributed by atoms with Crippen LogP contribution < -0.4 is 5.32 Å². The zero-order chi connectivity index (χ0) is 16.1. The van der Waals surface area contributed by atoms with Gasteiger partial charge in [-0.3, -0.25) is 4.79 Å². The van der Waals surface area contributed by atoms with Gasteiger partial charge in [-0.2, -0.15) is 11.8 Å². The third-order valence-corrected chi connectivity index (χ3v) is 5.94. The molecule has 23 heavy (non-hydrogen) atoms. The molecular weight excluding hydrogens is 368 g/mol. The molecule has 0 unspecified atom stereocenters. The van der Waals surface area contributed by atoms with Crippen LogP contribution in [0, 0.1) is 0 Å². The van der Waals surface area contributed by atoms with Crippen molar-refractivity contribution in [1.29, 1.82) is 0 Å².